The first-order valence-electron chi connectivity index (χ1n) is 8.14. The molecule has 0 aromatic heterocycles. The fraction of sp³-hybridized carbons (Fsp3) is 0.667. The Morgan fingerprint density at radius 3 is 2.86 bits per heavy atom. The summed E-state index contributed by atoms with van der Waals surface area (Å²) in [5, 5.41) is 0. The Morgan fingerprint density at radius 1 is 1.38 bits per heavy atom. The van der Waals surface area contributed by atoms with E-state index >= 15 is 0 Å². The van der Waals surface area contributed by atoms with E-state index in [-0.39, 0.29) is 11.5 Å². The molecular weight excluding hydrogens is 262 g/mol. The van der Waals surface area contributed by atoms with Gasteiger partial charge in [-0.15, -0.1) is 0 Å². The molecule has 1 unspecified atom stereocenters. The second-order valence-electron chi connectivity index (χ2n) is 7.19. The van der Waals surface area contributed by atoms with E-state index in [1.807, 2.05) is 0 Å². The van der Waals surface area contributed by atoms with E-state index < -0.39 is 0 Å². The first-order valence-corrected chi connectivity index (χ1v) is 8.14. The van der Waals surface area contributed by atoms with Crippen molar-refractivity contribution >= 4 is 0 Å². The van der Waals surface area contributed by atoms with Crippen LogP contribution in [-0.4, -0.2) is 19.3 Å². The zero-order valence-electron chi connectivity index (χ0n) is 13.4. The Kier molecular flexibility index (Phi) is 3.98. The summed E-state index contributed by atoms with van der Waals surface area (Å²) in [6.07, 6.45) is 3.87. The molecule has 1 aliphatic heterocycles. The van der Waals surface area contributed by atoms with E-state index in [0.717, 1.165) is 25.4 Å². The van der Waals surface area contributed by atoms with E-state index in [9.17, 15) is 0 Å². The minimum absolute atomic E-state index is 0.0988. The molecule has 3 heteroatoms. The maximum atomic E-state index is 6.43. The highest BCUT2D eigenvalue weighted by molar-refractivity contribution is 5.45. The maximum Gasteiger partial charge on any atom is 0.123 e. The quantitative estimate of drug-likeness (QED) is 0.901. The van der Waals surface area contributed by atoms with Crippen molar-refractivity contribution in [2.45, 2.75) is 57.6 Å². The molecule has 1 atom stereocenters. The monoisotopic (exact) mass is 289 g/mol. The van der Waals surface area contributed by atoms with Crippen LogP contribution in [-0.2, 0) is 10.2 Å². The van der Waals surface area contributed by atoms with Crippen LogP contribution in [0.25, 0.3) is 0 Å². The molecule has 0 bridgehead atoms. The molecule has 1 heterocycles. The second kappa shape index (κ2) is 5.62. The molecule has 1 aliphatic carbocycles. The van der Waals surface area contributed by atoms with Crippen LogP contribution in [0.4, 0.5) is 0 Å². The van der Waals surface area contributed by atoms with Crippen molar-refractivity contribution in [3.05, 3.63) is 29.3 Å². The SMILES string of the molecule is CCOC1CC(CC(N)c2ccc3c(c2)C(C)(C)CO3)C1. The normalized spacial score (nSPS) is 27.6. The summed E-state index contributed by atoms with van der Waals surface area (Å²) in [6, 6.07) is 6.59. The van der Waals surface area contributed by atoms with Gasteiger partial charge in [-0.3, -0.25) is 0 Å². The van der Waals surface area contributed by atoms with Crippen LogP contribution in [0.5, 0.6) is 5.75 Å². The van der Waals surface area contributed by atoms with Crippen molar-refractivity contribution in [1.29, 1.82) is 0 Å². The van der Waals surface area contributed by atoms with Gasteiger partial charge in [-0.2, -0.15) is 0 Å². The Hall–Kier alpha value is -1.06. The molecule has 0 spiro atoms. The fourth-order valence-corrected chi connectivity index (χ4v) is 3.50. The van der Waals surface area contributed by atoms with E-state index in [0.29, 0.717) is 12.0 Å². The summed E-state index contributed by atoms with van der Waals surface area (Å²) in [4.78, 5) is 0. The number of benzene rings is 1. The first kappa shape index (κ1) is 14.9. The average Bonchev–Trinajstić information content (AvgIpc) is 2.72. The summed E-state index contributed by atoms with van der Waals surface area (Å²) in [5.41, 5.74) is 9.07. The van der Waals surface area contributed by atoms with E-state index in [2.05, 4.69) is 39.0 Å². The second-order valence-corrected chi connectivity index (χ2v) is 7.19. The van der Waals surface area contributed by atoms with Gasteiger partial charge in [0.25, 0.3) is 0 Å². The lowest BCUT2D eigenvalue weighted by Crippen LogP contribution is -2.33. The average molecular weight is 289 g/mol. The fourth-order valence-electron chi connectivity index (χ4n) is 3.50. The maximum absolute atomic E-state index is 6.43. The Morgan fingerprint density at radius 2 is 2.14 bits per heavy atom. The van der Waals surface area contributed by atoms with Crippen LogP contribution in [0.1, 0.15) is 57.2 Å². The molecule has 1 aromatic carbocycles. The first-order chi connectivity index (χ1) is 9.99. The van der Waals surface area contributed by atoms with Gasteiger partial charge in [0.15, 0.2) is 0 Å². The summed E-state index contributed by atoms with van der Waals surface area (Å²) < 4.78 is 11.4. The summed E-state index contributed by atoms with van der Waals surface area (Å²) >= 11 is 0. The Labute approximate surface area is 127 Å². The van der Waals surface area contributed by atoms with Gasteiger partial charge in [-0.1, -0.05) is 19.9 Å². The largest absolute Gasteiger partial charge is 0.492 e. The van der Waals surface area contributed by atoms with E-state index in [4.69, 9.17) is 15.2 Å². The van der Waals surface area contributed by atoms with Gasteiger partial charge in [-0.05, 0) is 49.8 Å². The third kappa shape index (κ3) is 2.95. The highest BCUT2D eigenvalue weighted by atomic mass is 16.5. The van der Waals surface area contributed by atoms with Gasteiger partial charge in [0.2, 0.25) is 0 Å². The summed E-state index contributed by atoms with van der Waals surface area (Å²) in [5.74, 6) is 1.74. The molecule has 1 fully saturated rings. The molecule has 2 N–H and O–H groups in total. The predicted molar refractivity (Wildman–Crippen MR) is 84.6 cm³/mol. The highest BCUT2D eigenvalue weighted by Gasteiger charge is 2.34. The molecule has 116 valence electrons. The van der Waals surface area contributed by atoms with Crippen molar-refractivity contribution in [3.63, 3.8) is 0 Å². The van der Waals surface area contributed by atoms with Gasteiger partial charge in [0, 0.05) is 23.6 Å². The van der Waals surface area contributed by atoms with Crippen molar-refractivity contribution in [1.82, 2.24) is 0 Å². The molecule has 0 saturated heterocycles. The lowest BCUT2D eigenvalue weighted by Gasteiger charge is -2.36. The lowest BCUT2D eigenvalue weighted by molar-refractivity contribution is -0.0282. The van der Waals surface area contributed by atoms with Crippen molar-refractivity contribution < 1.29 is 9.47 Å². The summed E-state index contributed by atoms with van der Waals surface area (Å²) in [6.45, 7) is 8.11. The third-order valence-electron chi connectivity index (χ3n) is 4.93. The number of hydrogen-bond donors (Lipinski definition) is 1. The smallest absolute Gasteiger partial charge is 0.123 e. The lowest BCUT2D eigenvalue weighted by atomic mass is 9.77. The number of ether oxygens (including phenoxy) is 2. The van der Waals surface area contributed by atoms with E-state index in [1.165, 1.54) is 24.0 Å². The Balaban J connectivity index is 1.63. The number of hydrogen-bond acceptors (Lipinski definition) is 3. The zero-order chi connectivity index (χ0) is 15.0. The number of rotatable bonds is 5. The summed E-state index contributed by atoms with van der Waals surface area (Å²) in [7, 11) is 0. The minimum atomic E-state index is 0.0988. The molecule has 0 amide bonds. The topological polar surface area (TPSA) is 44.5 Å². The third-order valence-corrected chi connectivity index (χ3v) is 4.93. The van der Waals surface area contributed by atoms with Crippen LogP contribution in [0, 0.1) is 5.92 Å². The molecule has 21 heavy (non-hydrogen) atoms. The van der Waals surface area contributed by atoms with Crippen LogP contribution in [0.3, 0.4) is 0 Å². The van der Waals surface area contributed by atoms with Gasteiger partial charge < -0.3 is 15.2 Å². The van der Waals surface area contributed by atoms with Gasteiger partial charge in [0.1, 0.15) is 5.75 Å². The molecule has 1 aromatic rings. The molecule has 3 rings (SSSR count). The predicted octanol–water partition coefficient (Wildman–Crippen LogP) is 3.56. The molecule has 2 aliphatic rings. The molecule has 0 radical (unpaired) electrons. The van der Waals surface area contributed by atoms with Gasteiger partial charge in [0.05, 0.1) is 12.7 Å². The van der Waals surface area contributed by atoms with Crippen LogP contribution >= 0.6 is 0 Å². The minimum Gasteiger partial charge on any atom is -0.492 e. The van der Waals surface area contributed by atoms with Crippen LogP contribution in [0.15, 0.2) is 18.2 Å². The zero-order valence-corrected chi connectivity index (χ0v) is 13.4. The van der Waals surface area contributed by atoms with Gasteiger partial charge in [-0.25, -0.2) is 0 Å². The standard InChI is InChI=1S/C18H27NO2/c1-4-20-14-7-12(8-14)9-16(19)13-5-6-17-15(10-13)18(2,3)11-21-17/h5-6,10,12,14,16H,4,7-9,11,19H2,1-3H3. The van der Waals surface area contributed by atoms with Crippen LogP contribution < -0.4 is 10.5 Å². The van der Waals surface area contributed by atoms with Crippen LogP contribution in [0.2, 0.25) is 0 Å². The van der Waals surface area contributed by atoms with E-state index in [1.54, 1.807) is 0 Å². The Bertz CT molecular complexity index is 506. The molecule has 1 saturated carbocycles. The van der Waals surface area contributed by atoms with Crippen molar-refractivity contribution in [2.24, 2.45) is 11.7 Å². The number of fused-ring (bicyclic) bond motifs is 1. The van der Waals surface area contributed by atoms with Gasteiger partial charge >= 0.3 is 0 Å². The molecular formula is C18H27NO2. The number of nitrogens with two attached hydrogens (primary N) is 1. The molecule has 3 nitrogen and oxygen atoms in total. The van der Waals surface area contributed by atoms with Crippen molar-refractivity contribution in [2.75, 3.05) is 13.2 Å². The van der Waals surface area contributed by atoms with Crippen molar-refractivity contribution in [3.8, 4) is 5.75 Å². The highest BCUT2D eigenvalue weighted by Crippen LogP contribution is 2.41.